The van der Waals surface area contributed by atoms with Crippen LogP contribution in [0.25, 0.3) is 0 Å². The second-order valence-electron chi connectivity index (χ2n) is 5.14. The lowest BCUT2D eigenvalue weighted by atomic mass is 10.2. The summed E-state index contributed by atoms with van der Waals surface area (Å²) in [6.45, 7) is 8.46. The van der Waals surface area contributed by atoms with Gasteiger partial charge in [-0.15, -0.1) is 0 Å². The van der Waals surface area contributed by atoms with E-state index < -0.39 is 11.9 Å². The van der Waals surface area contributed by atoms with Crippen LogP contribution >= 0.6 is 0 Å². The number of aliphatic imine (C=N–C) groups is 1. The predicted octanol–water partition coefficient (Wildman–Crippen LogP) is 3.63. The van der Waals surface area contributed by atoms with Crippen molar-refractivity contribution in [3.63, 3.8) is 0 Å². The van der Waals surface area contributed by atoms with Gasteiger partial charge in [0.1, 0.15) is 12.3 Å². The molecule has 22 heavy (non-hydrogen) atoms. The molecule has 2 heterocycles. The Hall–Kier alpha value is -1.79. The molecule has 0 bridgehead atoms. The minimum atomic E-state index is -4.36. The van der Waals surface area contributed by atoms with Gasteiger partial charge in [-0.25, -0.2) is 4.98 Å². The van der Waals surface area contributed by atoms with Crippen LogP contribution < -0.4 is 4.90 Å². The first-order chi connectivity index (χ1) is 10.3. The molecule has 0 saturated carbocycles. The average molecular weight is 317 g/mol. The number of hydrogen-bond acceptors (Lipinski definition) is 4. The van der Waals surface area contributed by atoms with Gasteiger partial charge in [-0.2, -0.15) is 13.2 Å². The van der Waals surface area contributed by atoms with E-state index >= 15 is 0 Å². The number of alkyl halides is 3. The van der Waals surface area contributed by atoms with Crippen molar-refractivity contribution in [2.45, 2.75) is 26.9 Å². The summed E-state index contributed by atoms with van der Waals surface area (Å²) in [5.74, 6) is 1.39. The van der Waals surface area contributed by atoms with E-state index in [1.165, 1.54) is 12.3 Å². The van der Waals surface area contributed by atoms with Crippen molar-refractivity contribution in [2.75, 3.05) is 31.6 Å². The van der Waals surface area contributed by atoms with E-state index in [1.807, 2.05) is 11.8 Å². The number of hydrogen-bond donors (Lipinski definition) is 0. The molecule has 4 nitrogen and oxygen atoms in total. The van der Waals surface area contributed by atoms with E-state index in [0.29, 0.717) is 11.6 Å². The molecule has 0 aliphatic carbocycles. The molecule has 1 aliphatic heterocycles. The van der Waals surface area contributed by atoms with Gasteiger partial charge in [-0.1, -0.05) is 13.8 Å². The molecule has 1 aromatic heterocycles. The first-order valence-corrected chi connectivity index (χ1v) is 7.17. The molecule has 0 aromatic carbocycles. The van der Waals surface area contributed by atoms with Crippen molar-refractivity contribution < 1.29 is 17.9 Å². The number of ether oxygens (including phenoxy) is 1. The molecule has 0 fully saturated rings. The summed E-state index contributed by atoms with van der Waals surface area (Å²) in [5.41, 5.74) is -0.175. The molecule has 0 N–H and O–H groups in total. The maximum Gasteiger partial charge on any atom is 0.433 e. The van der Waals surface area contributed by atoms with Crippen LogP contribution in [0.1, 0.15) is 26.5 Å². The molecule has 1 aliphatic rings. The standard InChI is InChI=1S/C9H11F3N2.C6H11NO/c1-3-14(2)7-4-5-8(13-6-7)9(10,11)12;1-5(2)6-7-3-4-8-6/h4-6H,3H2,1-2H3;5H,3-4H2,1-2H3. The molecule has 0 amide bonds. The van der Waals surface area contributed by atoms with E-state index in [4.69, 9.17) is 4.74 Å². The van der Waals surface area contributed by atoms with Gasteiger partial charge in [0.2, 0.25) is 0 Å². The van der Waals surface area contributed by atoms with Gasteiger partial charge in [0.25, 0.3) is 0 Å². The molecule has 0 spiro atoms. The van der Waals surface area contributed by atoms with Gasteiger partial charge >= 0.3 is 6.18 Å². The zero-order valence-electron chi connectivity index (χ0n) is 13.3. The van der Waals surface area contributed by atoms with E-state index in [-0.39, 0.29) is 0 Å². The first-order valence-electron chi connectivity index (χ1n) is 7.17. The minimum Gasteiger partial charge on any atom is -0.479 e. The van der Waals surface area contributed by atoms with Gasteiger partial charge in [-0.3, -0.25) is 4.99 Å². The highest BCUT2D eigenvalue weighted by Gasteiger charge is 2.32. The number of nitrogens with zero attached hydrogens (tertiary/aromatic N) is 3. The Balaban J connectivity index is 0.000000255. The zero-order chi connectivity index (χ0) is 16.8. The highest BCUT2D eigenvalue weighted by atomic mass is 19.4. The van der Waals surface area contributed by atoms with E-state index in [9.17, 15) is 13.2 Å². The van der Waals surface area contributed by atoms with Gasteiger partial charge in [0.15, 0.2) is 5.90 Å². The summed E-state index contributed by atoms with van der Waals surface area (Å²) >= 11 is 0. The first kappa shape index (κ1) is 18.3. The van der Waals surface area contributed by atoms with Gasteiger partial charge in [-0.05, 0) is 19.1 Å². The smallest absolute Gasteiger partial charge is 0.433 e. The fourth-order valence-electron chi connectivity index (χ4n) is 1.66. The Morgan fingerprint density at radius 2 is 2.00 bits per heavy atom. The number of halogens is 3. The summed E-state index contributed by atoms with van der Waals surface area (Å²) in [6, 6.07) is 2.40. The maximum atomic E-state index is 12.1. The van der Waals surface area contributed by atoms with E-state index in [2.05, 4.69) is 23.8 Å². The highest BCUT2D eigenvalue weighted by molar-refractivity contribution is 5.79. The Morgan fingerprint density at radius 3 is 2.32 bits per heavy atom. The van der Waals surface area contributed by atoms with Crippen molar-refractivity contribution in [3.05, 3.63) is 24.0 Å². The molecule has 0 unspecified atom stereocenters. The molecule has 0 saturated heterocycles. The van der Waals surface area contributed by atoms with Crippen molar-refractivity contribution >= 4 is 11.6 Å². The third kappa shape index (κ3) is 5.54. The number of aromatic nitrogens is 1. The quantitative estimate of drug-likeness (QED) is 0.854. The van der Waals surface area contributed by atoms with Crippen LogP contribution in [0.2, 0.25) is 0 Å². The number of rotatable bonds is 3. The van der Waals surface area contributed by atoms with Gasteiger partial charge < -0.3 is 9.64 Å². The fraction of sp³-hybridized carbons (Fsp3) is 0.600. The van der Waals surface area contributed by atoms with Crippen LogP contribution in [0.3, 0.4) is 0 Å². The SMILES string of the molecule is CC(C)C1=NCCO1.CCN(C)c1ccc(C(F)(F)F)nc1. The molecule has 0 radical (unpaired) electrons. The average Bonchev–Trinajstić information content (AvgIpc) is 3.01. The van der Waals surface area contributed by atoms with Crippen molar-refractivity contribution in [1.82, 2.24) is 4.98 Å². The molecular formula is C15H22F3N3O. The summed E-state index contributed by atoms with van der Waals surface area (Å²) in [7, 11) is 1.80. The van der Waals surface area contributed by atoms with Crippen LogP contribution in [0, 0.1) is 5.92 Å². The summed E-state index contributed by atoms with van der Waals surface area (Å²) in [5, 5.41) is 0. The largest absolute Gasteiger partial charge is 0.479 e. The lowest BCUT2D eigenvalue weighted by molar-refractivity contribution is -0.141. The van der Waals surface area contributed by atoms with Crippen molar-refractivity contribution in [1.29, 1.82) is 0 Å². The maximum absolute atomic E-state index is 12.1. The topological polar surface area (TPSA) is 37.7 Å². The van der Waals surface area contributed by atoms with Crippen LogP contribution in [0.15, 0.2) is 23.3 Å². The third-order valence-corrected chi connectivity index (χ3v) is 3.06. The number of anilines is 1. The highest BCUT2D eigenvalue weighted by Crippen LogP contribution is 2.28. The van der Waals surface area contributed by atoms with E-state index in [0.717, 1.165) is 31.7 Å². The second-order valence-corrected chi connectivity index (χ2v) is 5.14. The normalized spacial score (nSPS) is 14.1. The Labute approximate surface area is 129 Å². The molecule has 1 aromatic rings. The molecule has 124 valence electrons. The summed E-state index contributed by atoms with van der Waals surface area (Å²) in [6.07, 6.45) is -3.13. The van der Waals surface area contributed by atoms with Crippen molar-refractivity contribution in [3.8, 4) is 0 Å². The van der Waals surface area contributed by atoms with Gasteiger partial charge in [0, 0.05) is 19.5 Å². The van der Waals surface area contributed by atoms with Crippen LogP contribution in [-0.4, -0.2) is 37.6 Å². The Kier molecular flexibility index (Phi) is 6.64. The fourth-order valence-corrected chi connectivity index (χ4v) is 1.66. The van der Waals surface area contributed by atoms with Crippen molar-refractivity contribution in [2.24, 2.45) is 10.9 Å². The van der Waals surface area contributed by atoms with Crippen LogP contribution in [0.4, 0.5) is 18.9 Å². The predicted molar refractivity (Wildman–Crippen MR) is 81.3 cm³/mol. The summed E-state index contributed by atoms with van der Waals surface area (Å²) in [4.78, 5) is 9.29. The Bertz CT molecular complexity index is 484. The molecule has 7 heteroatoms. The van der Waals surface area contributed by atoms with Crippen LogP contribution in [0.5, 0.6) is 0 Å². The molecular weight excluding hydrogens is 295 g/mol. The molecule has 2 rings (SSSR count). The number of pyridine rings is 1. The lowest BCUT2D eigenvalue weighted by Crippen LogP contribution is -2.16. The molecule has 0 atom stereocenters. The van der Waals surface area contributed by atoms with E-state index in [1.54, 1.807) is 7.05 Å². The summed E-state index contributed by atoms with van der Waals surface area (Å²) < 4.78 is 41.5. The monoisotopic (exact) mass is 317 g/mol. The second kappa shape index (κ2) is 8.00. The zero-order valence-corrected chi connectivity index (χ0v) is 13.3. The van der Waals surface area contributed by atoms with Crippen LogP contribution in [-0.2, 0) is 10.9 Å². The van der Waals surface area contributed by atoms with Gasteiger partial charge in [0.05, 0.1) is 18.4 Å². The third-order valence-electron chi connectivity index (χ3n) is 3.06. The lowest BCUT2D eigenvalue weighted by Gasteiger charge is -2.16. The Morgan fingerprint density at radius 1 is 1.32 bits per heavy atom. The minimum absolute atomic E-state index is 0.470.